The number of guanidine groups is 1. The molecule has 0 spiro atoms. The van der Waals surface area contributed by atoms with Crippen LogP contribution in [0.5, 0.6) is 0 Å². The molecule has 7 heteroatoms. The molecular formula is C23H37IN4O2. The van der Waals surface area contributed by atoms with Crippen molar-refractivity contribution in [2.75, 3.05) is 25.0 Å². The Morgan fingerprint density at radius 2 is 2.00 bits per heavy atom. The van der Waals surface area contributed by atoms with Crippen LogP contribution < -0.4 is 16.0 Å². The molecule has 2 aliphatic rings. The summed E-state index contributed by atoms with van der Waals surface area (Å²) < 4.78 is 5.45. The highest BCUT2D eigenvalue weighted by atomic mass is 127. The highest BCUT2D eigenvalue weighted by Crippen LogP contribution is 2.28. The maximum absolute atomic E-state index is 12.2. The van der Waals surface area contributed by atoms with Crippen LogP contribution in [0.2, 0.25) is 0 Å². The molecule has 1 aliphatic carbocycles. The Hall–Kier alpha value is -1.35. The van der Waals surface area contributed by atoms with Gasteiger partial charge in [-0.1, -0.05) is 37.8 Å². The molecule has 168 valence electrons. The molecule has 0 radical (unpaired) electrons. The van der Waals surface area contributed by atoms with Crippen molar-refractivity contribution in [3.63, 3.8) is 0 Å². The first-order valence-corrected chi connectivity index (χ1v) is 11.3. The fourth-order valence-corrected chi connectivity index (χ4v) is 4.16. The Bertz CT molecular complexity index is 671. The quantitative estimate of drug-likeness (QED) is 0.192. The Kier molecular flexibility index (Phi) is 11.5. The number of hydrogen-bond donors (Lipinski definition) is 3. The largest absolute Gasteiger partial charge is 0.368 e. The van der Waals surface area contributed by atoms with Gasteiger partial charge in [-0.3, -0.25) is 4.79 Å². The summed E-state index contributed by atoms with van der Waals surface area (Å²) >= 11 is 0. The molecule has 0 bridgehead atoms. The number of nitrogens with one attached hydrogen (secondary N) is 3. The molecule has 3 rings (SSSR count). The Balaban J connectivity index is 0.00000320. The Morgan fingerprint density at radius 3 is 2.73 bits per heavy atom. The van der Waals surface area contributed by atoms with Gasteiger partial charge in [0.05, 0.1) is 6.54 Å². The summed E-state index contributed by atoms with van der Waals surface area (Å²) in [6, 6.07) is 7.89. The number of ether oxygens (including phenoxy) is 1. The lowest BCUT2D eigenvalue weighted by atomic mass is 10.0. The van der Waals surface area contributed by atoms with Gasteiger partial charge >= 0.3 is 0 Å². The molecule has 1 unspecified atom stereocenters. The first-order chi connectivity index (χ1) is 14.2. The molecule has 1 saturated heterocycles. The van der Waals surface area contributed by atoms with Crippen molar-refractivity contribution >= 4 is 41.5 Å². The van der Waals surface area contributed by atoms with E-state index in [9.17, 15) is 4.79 Å². The second kappa shape index (κ2) is 13.9. The Labute approximate surface area is 198 Å². The smallest absolute Gasteiger partial charge is 0.253 e. The maximum Gasteiger partial charge on any atom is 0.253 e. The van der Waals surface area contributed by atoms with Gasteiger partial charge in [0.25, 0.3) is 5.91 Å². The van der Waals surface area contributed by atoms with Crippen molar-refractivity contribution in [1.82, 2.24) is 10.6 Å². The van der Waals surface area contributed by atoms with Gasteiger partial charge in [0.1, 0.15) is 6.10 Å². The van der Waals surface area contributed by atoms with E-state index in [0.29, 0.717) is 13.2 Å². The van der Waals surface area contributed by atoms with Crippen LogP contribution >= 0.6 is 24.0 Å². The van der Waals surface area contributed by atoms with Gasteiger partial charge in [-0.2, -0.15) is 0 Å². The van der Waals surface area contributed by atoms with Crippen LogP contribution in [-0.4, -0.2) is 37.7 Å². The standard InChI is InChI=1S/C23H36N4O2.HI/c1-2-24-23(25-14-6-11-18-8-3-4-9-18)26-17-19-10-5-12-20(16-19)27-22(28)21-13-7-15-29-21;/h5,10,12,16,18,21H,2-4,6-9,11,13-15,17H2,1H3,(H,27,28)(H2,24,25,26);1H. The molecule has 6 nitrogen and oxygen atoms in total. The van der Waals surface area contributed by atoms with Crippen molar-refractivity contribution in [2.24, 2.45) is 10.9 Å². The van der Waals surface area contributed by atoms with E-state index in [1.54, 1.807) is 0 Å². The van der Waals surface area contributed by atoms with Crippen LogP contribution in [0.1, 0.15) is 63.9 Å². The number of anilines is 1. The third-order valence-corrected chi connectivity index (χ3v) is 5.74. The lowest BCUT2D eigenvalue weighted by molar-refractivity contribution is -0.124. The van der Waals surface area contributed by atoms with Crippen LogP contribution in [-0.2, 0) is 16.1 Å². The van der Waals surface area contributed by atoms with Crippen molar-refractivity contribution in [2.45, 2.75) is 70.9 Å². The van der Waals surface area contributed by atoms with Crippen molar-refractivity contribution in [3.8, 4) is 0 Å². The predicted octanol–water partition coefficient (Wildman–Crippen LogP) is 4.45. The fraction of sp³-hybridized carbons (Fsp3) is 0.652. The van der Waals surface area contributed by atoms with E-state index in [1.807, 2.05) is 24.3 Å². The van der Waals surface area contributed by atoms with Crippen LogP contribution in [0.3, 0.4) is 0 Å². The summed E-state index contributed by atoms with van der Waals surface area (Å²) in [5.74, 6) is 1.73. The van der Waals surface area contributed by atoms with Gasteiger partial charge in [0.2, 0.25) is 0 Å². The number of hydrogen-bond acceptors (Lipinski definition) is 3. The van der Waals surface area contributed by atoms with Gasteiger partial charge in [-0.05, 0) is 56.2 Å². The number of nitrogens with zero attached hydrogens (tertiary/aromatic N) is 1. The number of aliphatic imine (C=N–C) groups is 1. The summed E-state index contributed by atoms with van der Waals surface area (Å²) in [5.41, 5.74) is 1.87. The van der Waals surface area contributed by atoms with E-state index in [4.69, 9.17) is 9.73 Å². The molecule has 3 N–H and O–H groups in total. The average Bonchev–Trinajstić information content (AvgIpc) is 3.44. The number of benzene rings is 1. The first kappa shape index (κ1) is 24.9. The van der Waals surface area contributed by atoms with Gasteiger partial charge in [0, 0.05) is 25.4 Å². The maximum atomic E-state index is 12.2. The van der Waals surface area contributed by atoms with Crippen molar-refractivity contribution in [3.05, 3.63) is 29.8 Å². The molecule has 1 aromatic carbocycles. The van der Waals surface area contributed by atoms with Crippen LogP contribution in [0.25, 0.3) is 0 Å². The lowest BCUT2D eigenvalue weighted by Gasteiger charge is -2.13. The predicted molar refractivity (Wildman–Crippen MR) is 133 cm³/mol. The van der Waals surface area contributed by atoms with Gasteiger partial charge in [-0.25, -0.2) is 4.99 Å². The molecule has 2 fully saturated rings. The van der Waals surface area contributed by atoms with Gasteiger partial charge in [0.15, 0.2) is 5.96 Å². The minimum Gasteiger partial charge on any atom is -0.368 e. The second-order valence-corrected chi connectivity index (χ2v) is 8.11. The molecular weight excluding hydrogens is 491 g/mol. The normalized spacial score (nSPS) is 19.4. The van der Waals surface area contributed by atoms with E-state index in [2.05, 4.69) is 22.9 Å². The third-order valence-electron chi connectivity index (χ3n) is 5.74. The van der Waals surface area contributed by atoms with E-state index >= 15 is 0 Å². The van der Waals surface area contributed by atoms with E-state index in [0.717, 1.165) is 49.1 Å². The van der Waals surface area contributed by atoms with Crippen LogP contribution in [0.4, 0.5) is 5.69 Å². The van der Waals surface area contributed by atoms with E-state index < -0.39 is 0 Å². The molecule has 0 aromatic heterocycles. The SMILES string of the molecule is CCNC(=NCc1cccc(NC(=O)C2CCCO2)c1)NCCCC1CCCC1.I. The van der Waals surface area contributed by atoms with Gasteiger partial charge in [-0.15, -0.1) is 24.0 Å². The van der Waals surface area contributed by atoms with Crippen molar-refractivity contribution < 1.29 is 9.53 Å². The average molecular weight is 528 g/mol. The number of amides is 1. The minimum atomic E-state index is -0.314. The first-order valence-electron chi connectivity index (χ1n) is 11.3. The monoisotopic (exact) mass is 528 g/mol. The molecule has 1 heterocycles. The summed E-state index contributed by atoms with van der Waals surface area (Å²) in [6.07, 6.45) is 9.60. The molecule has 1 aliphatic heterocycles. The molecule has 1 amide bonds. The van der Waals surface area contributed by atoms with Crippen LogP contribution in [0.15, 0.2) is 29.3 Å². The third kappa shape index (κ3) is 8.41. The topological polar surface area (TPSA) is 74.8 Å². The number of halogens is 1. The summed E-state index contributed by atoms with van der Waals surface area (Å²) in [5, 5.41) is 9.73. The number of rotatable bonds is 9. The highest BCUT2D eigenvalue weighted by Gasteiger charge is 2.23. The van der Waals surface area contributed by atoms with Crippen molar-refractivity contribution in [1.29, 1.82) is 0 Å². The summed E-state index contributed by atoms with van der Waals surface area (Å²) in [4.78, 5) is 16.9. The molecule has 30 heavy (non-hydrogen) atoms. The molecule has 1 aromatic rings. The zero-order valence-corrected chi connectivity index (χ0v) is 20.5. The Morgan fingerprint density at radius 1 is 1.17 bits per heavy atom. The number of carbonyl (C=O) groups excluding carboxylic acids is 1. The number of carbonyl (C=O) groups is 1. The molecule has 1 atom stereocenters. The van der Waals surface area contributed by atoms with E-state index in [-0.39, 0.29) is 36.0 Å². The fourth-order valence-electron chi connectivity index (χ4n) is 4.16. The lowest BCUT2D eigenvalue weighted by Crippen LogP contribution is -2.37. The minimum absolute atomic E-state index is 0. The second-order valence-electron chi connectivity index (χ2n) is 8.11. The highest BCUT2D eigenvalue weighted by molar-refractivity contribution is 14.0. The van der Waals surface area contributed by atoms with E-state index in [1.165, 1.54) is 38.5 Å². The van der Waals surface area contributed by atoms with Crippen LogP contribution in [0, 0.1) is 5.92 Å². The van der Waals surface area contributed by atoms with Gasteiger partial charge < -0.3 is 20.7 Å². The zero-order chi connectivity index (χ0) is 20.3. The zero-order valence-electron chi connectivity index (χ0n) is 18.1. The molecule has 1 saturated carbocycles. The summed E-state index contributed by atoms with van der Waals surface area (Å²) in [6.45, 7) is 5.12. The summed E-state index contributed by atoms with van der Waals surface area (Å²) in [7, 11) is 0.